The van der Waals surface area contributed by atoms with Gasteiger partial charge in [-0.1, -0.05) is 0 Å². The van der Waals surface area contributed by atoms with Crippen LogP contribution in [0.5, 0.6) is 0 Å². The van der Waals surface area contributed by atoms with Gasteiger partial charge in [-0.3, -0.25) is 4.79 Å². The third kappa shape index (κ3) is 2.77. The molecule has 0 saturated carbocycles. The standard InChI is InChI=1S/C17H16N4OS/c22-17(13-8-10-23-11-13)18-14-6-4-12(5-7-14)16-20-19-15-3-1-2-9-21(15)16/h4-8,10-11H,1-3,9H2,(H,18,22). The smallest absolute Gasteiger partial charge is 0.256 e. The molecule has 3 heterocycles. The van der Waals surface area contributed by atoms with E-state index in [0.717, 1.165) is 35.9 Å². The molecule has 0 fully saturated rings. The number of anilines is 1. The van der Waals surface area contributed by atoms with Gasteiger partial charge in [0.05, 0.1) is 5.56 Å². The summed E-state index contributed by atoms with van der Waals surface area (Å²) in [5.41, 5.74) is 2.49. The number of benzene rings is 1. The SMILES string of the molecule is O=C(Nc1ccc(-c2nnc3n2CCCC3)cc1)c1ccsc1. The van der Waals surface area contributed by atoms with Gasteiger partial charge in [0.1, 0.15) is 5.82 Å². The fourth-order valence-corrected chi connectivity index (χ4v) is 3.46. The maximum Gasteiger partial charge on any atom is 0.256 e. The number of carbonyl (C=O) groups excluding carboxylic acids is 1. The first-order valence-corrected chi connectivity index (χ1v) is 8.61. The molecule has 0 aliphatic carbocycles. The van der Waals surface area contributed by atoms with Crippen molar-refractivity contribution in [3.05, 3.63) is 52.5 Å². The summed E-state index contributed by atoms with van der Waals surface area (Å²) in [5.74, 6) is 1.90. The summed E-state index contributed by atoms with van der Waals surface area (Å²) < 4.78 is 2.20. The molecule has 1 N–H and O–H groups in total. The Labute approximate surface area is 138 Å². The highest BCUT2D eigenvalue weighted by molar-refractivity contribution is 7.08. The van der Waals surface area contributed by atoms with E-state index in [1.54, 1.807) is 0 Å². The molecule has 0 atom stereocenters. The Morgan fingerprint density at radius 1 is 1.13 bits per heavy atom. The molecular weight excluding hydrogens is 308 g/mol. The number of hydrogen-bond acceptors (Lipinski definition) is 4. The summed E-state index contributed by atoms with van der Waals surface area (Å²) in [4.78, 5) is 12.0. The summed E-state index contributed by atoms with van der Waals surface area (Å²) in [5, 5.41) is 15.2. The van der Waals surface area contributed by atoms with E-state index in [4.69, 9.17) is 0 Å². The van der Waals surface area contributed by atoms with Crippen molar-refractivity contribution in [1.82, 2.24) is 14.8 Å². The predicted molar refractivity (Wildman–Crippen MR) is 90.7 cm³/mol. The van der Waals surface area contributed by atoms with Crippen molar-refractivity contribution in [3.63, 3.8) is 0 Å². The number of aryl methyl sites for hydroxylation is 1. The number of nitrogens with one attached hydrogen (secondary N) is 1. The van der Waals surface area contributed by atoms with Crippen molar-refractivity contribution < 1.29 is 4.79 Å². The number of aromatic nitrogens is 3. The zero-order valence-electron chi connectivity index (χ0n) is 12.5. The molecule has 0 unspecified atom stereocenters. The minimum atomic E-state index is -0.0844. The highest BCUT2D eigenvalue weighted by Crippen LogP contribution is 2.24. The van der Waals surface area contributed by atoms with Gasteiger partial charge in [-0.15, -0.1) is 10.2 Å². The van der Waals surface area contributed by atoms with Crippen molar-refractivity contribution in [1.29, 1.82) is 0 Å². The van der Waals surface area contributed by atoms with E-state index in [2.05, 4.69) is 20.1 Å². The fourth-order valence-electron chi connectivity index (χ4n) is 2.82. The summed E-state index contributed by atoms with van der Waals surface area (Å²) in [6.45, 7) is 0.980. The van der Waals surface area contributed by atoms with Gasteiger partial charge < -0.3 is 9.88 Å². The first-order chi connectivity index (χ1) is 11.3. The lowest BCUT2D eigenvalue weighted by Crippen LogP contribution is -2.12. The molecule has 0 saturated heterocycles. The summed E-state index contributed by atoms with van der Waals surface area (Å²) >= 11 is 1.51. The first-order valence-electron chi connectivity index (χ1n) is 7.67. The van der Waals surface area contributed by atoms with Gasteiger partial charge in [0, 0.05) is 29.6 Å². The number of hydrogen-bond donors (Lipinski definition) is 1. The van der Waals surface area contributed by atoms with Crippen LogP contribution in [-0.2, 0) is 13.0 Å². The molecule has 5 nitrogen and oxygen atoms in total. The monoisotopic (exact) mass is 324 g/mol. The highest BCUT2D eigenvalue weighted by Gasteiger charge is 2.16. The number of fused-ring (bicyclic) bond motifs is 1. The molecule has 0 bridgehead atoms. The van der Waals surface area contributed by atoms with Crippen LogP contribution in [0.3, 0.4) is 0 Å². The van der Waals surface area contributed by atoms with Crippen molar-refractivity contribution >= 4 is 22.9 Å². The second kappa shape index (κ2) is 5.96. The maximum absolute atomic E-state index is 12.0. The quantitative estimate of drug-likeness (QED) is 0.801. The molecule has 3 aromatic rings. The number of nitrogens with zero attached hydrogens (tertiary/aromatic N) is 3. The fraction of sp³-hybridized carbons (Fsp3) is 0.235. The van der Waals surface area contributed by atoms with Crippen LogP contribution in [-0.4, -0.2) is 20.7 Å². The molecule has 0 radical (unpaired) electrons. The minimum absolute atomic E-state index is 0.0844. The zero-order chi connectivity index (χ0) is 15.6. The molecule has 1 aromatic carbocycles. The van der Waals surface area contributed by atoms with Crippen LogP contribution >= 0.6 is 11.3 Å². The van der Waals surface area contributed by atoms with E-state index in [0.29, 0.717) is 5.56 Å². The third-order valence-corrected chi connectivity index (χ3v) is 4.73. The van der Waals surface area contributed by atoms with Crippen molar-refractivity contribution in [2.75, 3.05) is 5.32 Å². The summed E-state index contributed by atoms with van der Waals surface area (Å²) in [6, 6.07) is 9.59. The Morgan fingerprint density at radius 3 is 2.78 bits per heavy atom. The van der Waals surface area contributed by atoms with Crippen molar-refractivity contribution in [2.24, 2.45) is 0 Å². The van der Waals surface area contributed by atoms with Gasteiger partial charge in [0.25, 0.3) is 5.91 Å². The molecule has 2 aromatic heterocycles. The molecule has 6 heteroatoms. The second-order valence-corrected chi connectivity index (χ2v) is 6.37. The van der Waals surface area contributed by atoms with Gasteiger partial charge in [0.2, 0.25) is 0 Å². The highest BCUT2D eigenvalue weighted by atomic mass is 32.1. The molecule has 23 heavy (non-hydrogen) atoms. The Balaban J connectivity index is 1.54. The molecule has 0 spiro atoms. The van der Waals surface area contributed by atoms with E-state index in [1.165, 1.54) is 24.2 Å². The summed E-state index contributed by atoms with van der Waals surface area (Å²) in [6.07, 6.45) is 3.36. The normalized spacial score (nSPS) is 13.6. The van der Waals surface area contributed by atoms with Crippen LogP contribution in [0.25, 0.3) is 11.4 Å². The van der Waals surface area contributed by atoms with Gasteiger partial charge in [-0.25, -0.2) is 0 Å². The van der Waals surface area contributed by atoms with Crippen molar-refractivity contribution in [3.8, 4) is 11.4 Å². The Morgan fingerprint density at radius 2 is 2.00 bits per heavy atom. The Hall–Kier alpha value is -2.47. The van der Waals surface area contributed by atoms with Gasteiger partial charge in [0.15, 0.2) is 5.82 Å². The lowest BCUT2D eigenvalue weighted by molar-refractivity contribution is 0.102. The zero-order valence-corrected chi connectivity index (χ0v) is 13.3. The summed E-state index contributed by atoms with van der Waals surface area (Å²) in [7, 11) is 0. The molecule has 4 rings (SSSR count). The van der Waals surface area contributed by atoms with Crippen LogP contribution in [0.15, 0.2) is 41.1 Å². The molecule has 1 aliphatic heterocycles. The largest absolute Gasteiger partial charge is 0.322 e. The van der Waals surface area contributed by atoms with E-state index in [-0.39, 0.29) is 5.91 Å². The number of amides is 1. The average molecular weight is 324 g/mol. The van der Waals surface area contributed by atoms with E-state index in [9.17, 15) is 4.79 Å². The van der Waals surface area contributed by atoms with Crippen molar-refractivity contribution in [2.45, 2.75) is 25.8 Å². The first kappa shape index (κ1) is 14.1. The second-order valence-electron chi connectivity index (χ2n) is 5.59. The Bertz CT molecular complexity index is 821. The van der Waals surface area contributed by atoms with Gasteiger partial charge >= 0.3 is 0 Å². The van der Waals surface area contributed by atoms with Crippen LogP contribution in [0, 0.1) is 0 Å². The van der Waals surface area contributed by atoms with Crippen LogP contribution in [0.2, 0.25) is 0 Å². The number of carbonyl (C=O) groups is 1. The lowest BCUT2D eigenvalue weighted by atomic mass is 10.1. The van der Waals surface area contributed by atoms with Crippen LogP contribution in [0.1, 0.15) is 29.0 Å². The molecular formula is C17H16N4OS. The van der Waals surface area contributed by atoms with Crippen LogP contribution < -0.4 is 5.32 Å². The maximum atomic E-state index is 12.0. The molecule has 116 valence electrons. The third-order valence-electron chi connectivity index (χ3n) is 4.04. The van der Waals surface area contributed by atoms with E-state index < -0.39 is 0 Å². The molecule has 1 aliphatic rings. The van der Waals surface area contributed by atoms with Gasteiger partial charge in [-0.2, -0.15) is 11.3 Å². The lowest BCUT2D eigenvalue weighted by Gasteiger charge is -2.14. The van der Waals surface area contributed by atoms with Crippen LogP contribution in [0.4, 0.5) is 5.69 Å². The minimum Gasteiger partial charge on any atom is -0.322 e. The average Bonchev–Trinajstić information content (AvgIpc) is 3.25. The number of thiophene rings is 1. The molecule has 1 amide bonds. The number of rotatable bonds is 3. The topological polar surface area (TPSA) is 59.8 Å². The van der Waals surface area contributed by atoms with E-state index >= 15 is 0 Å². The Kier molecular flexibility index (Phi) is 3.67. The van der Waals surface area contributed by atoms with Gasteiger partial charge in [-0.05, 0) is 48.6 Å². The van der Waals surface area contributed by atoms with E-state index in [1.807, 2.05) is 41.1 Å². The predicted octanol–water partition coefficient (Wildman–Crippen LogP) is 3.60.